The summed E-state index contributed by atoms with van der Waals surface area (Å²) in [5.41, 5.74) is 1.47. The standard InChI is InChI=1S/C27H23ClN2O4S/c1-2-3-16-34-27(33)18-12-14-21(15-13-18)30-25(31)23(29-20-9-7-8-19(28)17-20)24(26(30)32)35-22-10-5-4-6-11-22/h4-15,17,29H,2-3,16H2,1H3. The number of rotatable bonds is 9. The number of carbonyl (C=O) groups excluding carboxylic acids is 3. The number of unbranched alkanes of at least 4 members (excludes halogenated alkanes) is 1. The molecule has 0 bridgehead atoms. The van der Waals surface area contributed by atoms with E-state index in [4.69, 9.17) is 16.3 Å². The Morgan fingerprint density at radius 2 is 1.71 bits per heavy atom. The number of halogens is 1. The number of imide groups is 1. The van der Waals surface area contributed by atoms with Gasteiger partial charge < -0.3 is 10.1 Å². The van der Waals surface area contributed by atoms with Crippen molar-refractivity contribution in [1.82, 2.24) is 0 Å². The molecule has 0 aliphatic carbocycles. The number of ether oxygens (including phenoxy) is 1. The summed E-state index contributed by atoms with van der Waals surface area (Å²) in [6.07, 6.45) is 1.71. The third-order valence-electron chi connectivity index (χ3n) is 5.19. The van der Waals surface area contributed by atoms with Crippen molar-refractivity contribution in [2.75, 3.05) is 16.8 Å². The Hall–Kier alpha value is -3.55. The van der Waals surface area contributed by atoms with Crippen LogP contribution in [0.25, 0.3) is 0 Å². The van der Waals surface area contributed by atoms with Crippen molar-refractivity contribution in [3.63, 3.8) is 0 Å². The maximum absolute atomic E-state index is 13.5. The lowest BCUT2D eigenvalue weighted by molar-refractivity contribution is -0.120. The van der Waals surface area contributed by atoms with Gasteiger partial charge in [-0.1, -0.05) is 61.0 Å². The van der Waals surface area contributed by atoms with Crippen molar-refractivity contribution in [3.8, 4) is 0 Å². The van der Waals surface area contributed by atoms with Gasteiger partial charge in [0, 0.05) is 15.6 Å². The Bertz CT molecular complexity index is 1280. The maximum Gasteiger partial charge on any atom is 0.338 e. The van der Waals surface area contributed by atoms with Gasteiger partial charge in [-0.3, -0.25) is 9.59 Å². The molecule has 35 heavy (non-hydrogen) atoms. The third kappa shape index (κ3) is 5.75. The molecule has 4 rings (SSSR count). The van der Waals surface area contributed by atoms with Gasteiger partial charge in [0.05, 0.1) is 17.9 Å². The summed E-state index contributed by atoms with van der Waals surface area (Å²) in [5, 5.41) is 3.58. The van der Waals surface area contributed by atoms with Crippen LogP contribution in [0.15, 0.2) is 94.4 Å². The molecule has 1 aliphatic heterocycles. The van der Waals surface area contributed by atoms with E-state index in [-0.39, 0.29) is 10.6 Å². The summed E-state index contributed by atoms with van der Waals surface area (Å²) in [4.78, 5) is 41.3. The second-order valence-electron chi connectivity index (χ2n) is 7.74. The molecule has 3 aromatic carbocycles. The molecular formula is C27H23ClN2O4S. The molecule has 0 aromatic heterocycles. The molecular weight excluding hydrogens is 484 g/mol. The fraction of sp³-hybridized carbons (Fsp3) is 0.148. The predicted molar refractivity (Wildman–Crippen MR) is 139 cm³/mol. The van der Waals surface area contributed by atoms with Crippen molar-refractivity contribution < 1.29 is 19.1 Å². The first kappa shape index (κ1) is 24.6. The van der Waals surface area contributed by atoms with Gasteiger partial charge in [0.2, 0.25) is 0 Å². The highest BCUT2D eigenvalue weighted by atomic mass is 35.5. The third-order valence-corrected chi connectivity index (χ3v) is 6.52. The second kappa shape index (κ2) is 11.3. The van der Waals surface area contributed by atoms with Crippen molar-refractivity contribution >= 4 is 52.5 Å². The first-order valence-electron chi connectivity index (χ1n) is 11.1. The fourth-order valence-electron chi connectivity index (χ4n) is 3.41. The van der Waals surface area contributed by atoms with Gasteiger partial charge in [-0.25, -0.2) is 9.69 Å². The lowest BCUT2D eigenvalue weighted by Gasteiger charge is -2.16. The van der Waals surface area contributed by atoms with Crippen LogP contribution in [0.5, 0.6) is 0 Å². The molecule has 0 spiro atoms. The first-order chi connectivity index (χ1) is 17.0. The Labute approximate surface area is 212 Å². The number of benzene rings is 3. The maximum atomic E-state index is 13.5. The number of hydrogen-bond donors (Lipinski definition) is 1. The van der Waals surface area contributed by atoms with Gasteiger partial charge in [0.25, 0.3) is 11.8 Å². The van der Waals surface area contributed by atoms with E-state index in [1.165, 1.54) is 11.8 Å². The number of hydrogen-bond acceptors (Lipinski definition) is 6. The van der Waals surface area contributed by atoms with E-state index >= 15 is 0 Å². The number of anilines is 2. The minimum absolute atomic E-state index is 0.161. The van der Waals surface area contributed by atoms with Crippen molar-refractivity contribution in [2.24, 2.45) is 0 Å². The van der Waals surface area contributed by atoms with Crippen molar-refractivity contribution in [3.05, 3.63) is 100 Å². The number of carbonyl (C=O) groups is 3. The van der Waals surface area contributed by atoms with Gasteiger partial charge in [-0.2, -0.15) is 0 Å². The van der Waals surface area contributed by atoms with Gasteiger partial charge in [0.1, 0.15) is 10.6 Å². The van der Waals surface area contributed by atoms with Crippen LogP contribution in [0.1, 0.15) is 30.1 Å². The van der Waals surface area contributed by atoms with Gasteiger partial charge >= 0.3 is 5.97 Å². The highest BCUT2D eigenvalue weighted by Gasteiger charge is 2.40. The average molecular weight is 507 g/mol. The van der Waals surface area contributed by atoms with Crippen LogP contribution >= 0.6 is 23.4 Å². The monoisotopic (exact) mass is 506 g/mol. The van der Waals surface area contributed by atoms with Crippen LogP contribution in [0.2, 0.25) is 5.02 Å². The smallest absolute Gasteiger partial charge is 0.338 e. The molecule has 178 valence electrons. The zero-order valence-corrected chi connectivity index (χ0v) is 20.6. The Kier molecular flexibility index (Phi) is 7.90. The molecule has 3 aromatic rings. The normalized spacial score (nSPS) is 13.4. The molecule has 0 unspecified atom stereocenters. The number of nitrogens with one attached hydrogen (secondary N) is 1. The molecule has 0 radical (unpaired) electrons. The molecule has 0 atom stereocenters. The van der Waals surface area contributed by atoms with E-state index in [0.29, 0.717) is 28.6 Å². The van der Waals surface area contributed by atoms with Crippen LogP contribution in [0.3, 0.4) is 0 Å². The summed E-state index contributed by atoms with van der Waals surface area (Å²) in [5.74, 6) is -1.39. The summed E-state index contributed by atoms with van der Waals surface area (Å²) in [6.45, 7) is 2.36. The van der Waals surface area contributed by atoms with E-state index in [1.807, 2.05) is 37.3 Å². The van der Waals surface area contributed by atoms with E-state index in [9.17, 15) is 14.4 Å². The number of nitrogens with zero attached hydrogens (tertiary/aromatic N) is 1. The number of amides is 2. The summed E-state index contributed by atoms with van der Waals surface area (Å²) in [6, 6.07) is 22.5. The molecule has 1 N–H and O–H groups in total. The Morgan fingerprint density at radius 1 is 0.971 bits per heavy atom. The van der Waals surface area contributed by atoms with E-state index in [1.54, 1.807) is 48.5 Å². The quantitative estimate of drug-likeness (QED) is 0.209. The lowest BCUT2D eigenvalue weighted by Crippen LogP contribution is -2.32. The first-order valence-corrected chi connectivity index (χ1v) is 12.3. The van der Waals surface area contributed by atoms with Gasteiger partial charge in [-0.15, -0.1) is 0 Å². The molecule has 0 saturated carbocycles. The SMILES string of the molecule is CCCCOC(=O)c1ccc(N2C(=O)C(Nc3cccc(Cl)c3)=C(Sc3ccccc3)C2=O)cc1. The van der Waals surface area contributed by atoms with Gasteiger partial charge in [-0.05, 0) is 61.0 Å². The molecule has 2 amide bonds. The van der Waals surface area contributed by atoms with Crippen LogP contribution in [-0.4, -0.2) is 24.4 Å². The molecule has 0 saturated heterocycles. The van der Waals surface area contributed by atoms with Crippen molar-refractivity contribution in [2.45, 2.75) is 24.7 Å². The van der Waals surface area contributed by atoms with Crippen molar-refractivity contribution in [1.29, 1.82) is 0 Å². The summed E-state index contributed by atoms with van der Waals surface area (Å²) in [7, 11) is 0. The highest BCUT2D eigenvalue weighted by Crippen LogP contribution is 2.38. The summed E-state index contributed by atoms with van der Waals surface area (Å²) >= 11 is 7.32. The zero-order valence-electron chi connectivity index (χ0n) is 19.0. The molecule has 0 fully saturated rings. The fourth-order valence-corrected chi connectivity index (χ4v) is 4.54. The highest BCUT2D eigenvalue weighted by molar-refractivity contribution is 8.04. The lowest BCUT2D eigenvalue weighted by atomic mass is 10.2. The largest absolute Gasteiger partial charge is 0.462 e. The molecule has 1 heterocycles. The van der Waals surface area contributed by atoms with Crippen LogP contribution in [0, 0.1) is 0 Å². The molecule has 8 heteroatoms. The minimum atomic E-state index is -0.494. The predicted octanol–water partition coefficient (Wildman–Crippen LogP) is 6.29. The Morgan fingerprint density at radius 3 is 2.40 bits per heavy atom. The van der Waals surface area contributed by atoms with E-state index in [2.05, 4.69) is 5.32 Å². The van der Waals surface area contributed by atoms with Crippen LogP contribution < -0.4 is 10.2 Å². The number of thioether (sulfide) groups is 1. The van der Waals surface area contributed by atoms with E-state index in [0.717, 1.165) is 22.6 Å². The number of esters is 1. The topological polar surface area (TPSA) is 75.7 Å². The van der Waals surface area contributed by atoms with Crippen LogP contribution in [0.4, 0.5) is 11.4 Å². The molecule has 6 nitrogen and oxygen atoms in total. The molecule has 1 aliphatic rings. The minimum Gasteiger partial charge on any atom is -0.462 e. The van der Waals surface area contributed by atoms with Gasteiger partial charge in [0.15, 0.2) is 0 Å². The average Bonchev–Trinajstić information content (AvgIpc) is 3.09. The summed E-state index contributed by atoms with van der Waals surface area (Å²) < 4.78 is 5.23. The second-order valence-corrected chi connectivity index (χ2v) is 9.26. The zero-order chi connectivity index (χ0) is 24.8. The van der Waals surface area contributed by atoms with Crippen LogP contribution in [-0.2, 0) is 14.3 Å². The van der Waals surface area contributed by atoms with E-state index < -0.39 is 17.8 Å². The Balaban J connectivity index is 1.62.